The molecule has 0 aliphatic carbocycles. The summed E-state index contributed by atoms with van der Waals surface area (Å²) in [4.78, 5) is 12.6. The summed E-state index contributed by atoms with van der Waals surface area (Å²) in [5, 5.41) is 8.24. The summed E-state index contributed by atoms with van der Waals surface area (Å²) in [7, 11) is 0. The fraction of sp³-hybridized carbons (Fsp3) is 0.250. The molecule has 0 fully saturated rings. The topological polar surface area (TPSA) is 56.0 Å². The van der Waals surface area contributed by atoms with E-state index in [0.29, 0.717) is 16.7 Å². The number of carbonyl (C=O) groups is 1. The Balaban J connectivity index is 1.70. The number of ketones is 1. The number of hydrogen-bond donors (Lipinski definition) is 0. The van der Waals surface area contributed by atoms with Crippen LogP contribution in [0.1, 0.15) is 35.3 Å². The van der Waals surface area contributed by atoms with Gasteiger partial charge in [0.1, 0.15) is 5.82 Å². The number of thioether (sulfide) groups is 1. The summed E-state index contributed by atoms with van der Waals surface area (Å²) < 4.78 is 18.5. The Morgan fingerprint density at radius 3 is 2.54 bits per heavy atom. The van der Waals surface area contributed by atoms with Gasteiger partial charge in [0.2, 0.25) is 5.89 Å². The van der Waals surface area contributed by atoms with Crippen molar-refractivity contribution in [3.8, 4) is 11.5 Å². The fourth-order valence-corrected chi connectivity index (χ4v) is 3.24. The minimum atomic E-state index is -0.325. The summed E-state index contributed by atoms with van der Waals surface area (Å²) in [6.45, 7) is 4.11. The second kappa shape index (κ2) is 8.27. The lowest BCUT2D eigenvalue weighted by molar-refractivity contribution is 0.102. The minimum absolute atomic E-state index is 0.0451. The number of aryl methyl sites for hydroxylation is 2. The maximum absolute atomic E-state index is 13.0. The predicted molar refractivity (Wildman–Crippen MR) is 99.9 cm³/mol. The van der Waals surface area contributed by atoms with E-state index in [0.717, 1.165) is 29.5 Å². The largest absolute Gasteiger partial charge is 0.411 e. The lowest BCUT2D eigenvalue weighted by atomic mass is 9.98. The van der Waals surface area contributed by atoms with Crippen LogP contribution in [-0.2, 0) is 12.8 Å². The number of Topliss-reactive ketones (excluding diaryl/α,β-unsaturated/α-hetero) is 1. The van der Waals surface area contributed by atoms with Gasteiger partial charge in [-0.25, -0.2) is 4.39 Å². The summed E-state index contributed by atoms with van der Waals surface area (Å²) in [5.74, 6) is 0.256. The molecule has 2 aromatic carbocycles. The summed E-state index contributed by atoms with van der Waals surface area (Å²) in [5.41, 5.74) is 3.59. The number of halogens is 1. The zero-order valence-corrected chi connectivity index (χ0v) is 15.5. The zero-order chi connectivity index (χ0) is 18.5. The molecule has 1 heterocycles. The lowest BCUT2D eigenvalue weighted by Gasteiger charge is -2.08. The first-order chi connectivity index (χ1) is 12.6. The molecule has 3 aromatic rings. The maximum atomic E-state index is 13.0. The Labute approximate surface area is 155 Å². The molecular weight excluding hydrogens is 351 g/mol. The molecule has 3 rings (SSSR count). The first kappa shape index (κ1) is 18.3. The molecule has 6 heteroatoms. The van der Waals surface area contributed by atoms with Crippen LogP contribution < -0.4 is 0 Å². The van der Waals surface area contributed by atoms with Crippen molar-refractivity contribution in [3.63, 3.8) is 0 Å². The van der Waals surface area contributed by atoms with Crippen molar-refractivity contribution in [3.05, 3.63) is 65.0 Å². The number of hydrogen-bond acceptors (Lipinski definition) is 5. The molecule has 0 atom stereocenters. The molecule has 0 amide bonds. The van der Waals surface area contributed by atoms with Gasteiger partial charge in [-0.3, -0.25) is 4.79 Å². The van der Waals surface area contributed by atoms with Crippen LogP contribution in [0.4, 0.5) is 4.39 Å². The third-order valence-electron chi connectivity index (χ3n) is 4.09. The van der Waals surface area contributed by atoms with E-state index in [1.54, 1.807) is 12.1 Å². The molecule has 0 radical (unpaired) electrons. The maximum Gasteiger partial charge on any atom is 0.277 e. The van der Waals surface area contributed by atoms with Crippen molar-refractivity contribution in [2.45, 2.75) is 31.9 Å². The average molecular weight is 370 g/mol. The van der Waals surface area contributed by atoms with E-state index in [1.165, 1.54) is 23.9 Å². The summed E-state index contributed by atoms with van der Waals surface area (Å²) in [6, 6.07) is 11.9. The zero-order valence-electron chi connectivity index (χ0n) is 14.7. The van der Waals surface area contributed by atoms with Crippen LogP contribution in [0.2, 0.25) is 0 Å². The van der Waals surface area contributed by atoms with E-state index in [-0.39, 0.29) is 17.4 Å². The van der Waals surface area contributed by atoms with Crippen LogP contribution in [0, 0.1) is 5.82 Å². The molecule has 0 aliphatic rings. The van der Waals surface area contributed by atoms with E-state index >= 15 is 0 Å². The highest BCUT2D eigenvalue weighted by Gasteiger charge is 2.15. The van der Waals surface area contributed by atoms with Crippen LogP contribution in [0.5, 0.6) is 0 Å². The molecule has 0 bridgehead atoms. The first-order valence-corrected chi connectivity index (χ1v) is 9.46. The van der Waals surface area contributed by atoms with Crippen LogP contribution in [-0.4, -0.2) is 21.7 Å². The van der Waals surface area contributed by atoms with Crippen LogP contribution in [0.25, 0.3) is 11.5 Å². The smallest absolute Gasteiger partial charge is 0.277 e. The number of rotatable bonds is 7. The SMILES string of the molecule is CCc1ccc(CC)c(C(=O)CSc2nnc(-c3ccc(F)cc3)o2)c1. The van der Waals surface area contributed by atoms with Crippen molar-refractivity contribution < 1.29 is 13.6 Å². The van der Waals surface area contributed by atoms with Crippen molar-refractivity contribution in [1.82, 2.24) is 10.2 Å². The summed E-state index contributed by atoms with van der Waals surface area (Å²) in [6.07, 6.45) is 1.70. The van der Waals surface area contributed by atoms with E-state index in [4.69, 9.17) is 4.42 Å². The van der Waals surface area contributed by atoms with Crippen LogP contribution in [0.3, 0.4) is 0 Å². The third kappa shape index (κ3) is 4.19. The first-order valence-electron chi connectivity index (χ1n) is 8.48. The number of aromatic nitrogens is 2. The van der Waals surface area contributed by atoms with Gasteiger partial charge < -0.3 is 4.42 Å². The molecular formula is C20H19FN2O2S. The highest BCUT2D eigenvalue weighted by molar-refractivity contribution is 7.99. The Kier molecular flexibility index (Phi) is 5.83. The van der Waals surface area contributed by atoms with Crippen LogP contribution in [0.15, 0.2) is 52.1 Å². The highest BCUT2D eigenvalue weighted by Crippen LogP contribution is 2.25. The Hall–Kier alpha value is -2.47. The normalized spacial score (nSPS) is 10.9. The molecule has 26 heavy (non-hydrogen) atoms. The molecule has 0 saturated carbocycles. The molecule has 0 spiro atoms. The van der Waals surface area contributed by atoms with E-state index in [9.17, 15) is 9.18 Å². The molecule has 1 aromatic heterocycles. The minimum Gasteiger partial charge on any atom is -0.411 e. The number of carbonyl (C=O) groups excluding carboxylic acids is 1. The second-order valence-corrected chi connectivity index (χ2v) is 6.72. The third-order valence-corrected chi connectivity index (χ3v) is 4.91. The van der Waals surface area contributed by atoms with Gasteiger partial charge in [0.15, 0.2) is 5.78 Å². The van der Waals surface area contributed by atoms with Gasteiger partial charge in [0, 0.05) is 11.1 Å². The molecule has 0 N–H and O–H groups in total. The molecule has 4 nitrogen and oxygen atoms in total. The lowest BCUT2D eigenvalue weighted by Crippen LogP contribution is -2.07. The molecule has 134 valence electrons. The van der Waals surface area contributed by atoms with Gasteiger partial charge in [-0.1, -0.05) is 37.7 Å². The standard InChI is InChI=1S/C20H19FN2O2S/c1-3-13-5-6-14(4-2)17(11-13)18(24)12-26-20-23-22-19(25-20)15-7-9-16(21)10-8-15/h5-11H,3-4,12H2,1-2H3. The molecule has 0 aliphatic heterocycles. The number of nitrogens with zero attached hydrogens (tertiary/aromatic N) is 2. The van der Waals surface area contributed by atoms with Gasteiger partial charge >= 0.3 is 0 Å². The van der Waals surface area contributed by atoms with E-state index in [2.05, 4.69) is 23.2 Å². The highest BCUT2D eigenvalue weighted by atomic mass is 32.2. The van der Waals surface area contributed by atoms with Crippen LogP contribution >= 0.6 is 11.8 Å². The Morgan fingerprint density at radius 1 is 1.08 bits per heavy atom. The van der Waals surface area contributed by atoms with Crippen molar-refractivity contribution in [2.75, 3.05) is 5.75 Å². The average Bonchev–Trinajstić information content (AvgIpc) is 3.15. The van der Waals surface area contributed by atoms with E-state index < -0.39 is 0 Å². The predicted octanol–water partition coefficient (Wildman–Crippen LogP) is 4.98. The van der Waals surface area contributed by atoms with Crippen molar-refractivity contribution in [1.29, 1.82) is 0 Å². The number of benzene rings is 2. The van der Waals surface area contributed by atoms with Gasteiger partial charge in [-0.2, -0.15) is 0 Å². The summed E-state index contributed by atoms with van der Waals surface area (Å²) >= 11 is 1.21. The fourth-order valence-electron chi connectivity index (χ4n) is 2.59. The Morgan fingerprint density at radius 2 is 1.85 bits per heavy atom. The van der Waals surface area contributed by atoms with Gasteiger partial charge in [-0.05, 0) is 54.3 Å². The van der Waals surface area contributed by atoms with Gasteiger partial charge in [0.05, 0.1) is 5.75 Å². The van der Waals surface area contributed by atoms with Gasteiger partial charge in [-0.15, -0.1) is 10.2 Å². The van der Waals surface area contributed by atoms with Crippen molar-refractivity contribution >= 4 is 17.5 Å². The van der Waals surface area contributed by atoms with Crippen molar-refractivity contribution in [2.24, 2.45) is 0 Å². The second-order valence-electron chi connectivity index (χ2n) is 5.79. The van der Waals surface area contributed by atoms with Gasteiger partial charge in [0.25, 0.3) is 5.22 Å². The molecule has 0 saturated heterocycles. The molecule has 0 unspecified atom stereocenters. The monoisotopic (exact) mass is 370 g/mol. The Bertz CT molecular complexity index is 906. The quantitative estimate of drug-likeness (QED) is 0.434. The van der Waals surface area contributed by atoms with E-state index in [1.807, 2.05) is 19.1 Å².